The summed E-state index contributed by atoms with van der Waals surface area (Å²) in [4.78, 5) is 24.8. The minimum atomic E-state index is -0.525. The summed E-state index contributed by atoms with van der Waals surface area (Å²) in [5, 5.41) is 11.3. The molecule has 0 saturated carbocycles. The number of carbonyl (C=O) groups is 1. The molecule has 0 atom stereocenters. The van der Waals surface area contributed by atoms with Gasteiger partial charge in [0, 0.05) is 31.1 Å². The van der Waals surface area contributed by atoms with Crippen LogP contribution in [0.1, 0.15) is 52.2 Å². The highest BCUT2D eigenvalue weighted by atomic mass is 16.6. The van der Waals surface area contributed by atoms with Crippen LogP contribution in [0.4, 0.5) is 10.5 Å². The van der Waals surface area contributed by atoms with E-state index in [1.807, 2.05) is 40.7 Å². The topological polar surface area (TPSA) is 81.9 Å². The van der Waals surface area contributed by atoms with Crippen molar-refractivity contribution >= 4 is 17.4 Å². The van der Waals surface area contributed by atoms with E-state index in [-0.39, 0.29) is 11.8 Å². The van der Waals surface area contributed by atoms with Gasteiger partial charge in [0.1, 0.15) is 11.2 Å². The Labute approximate surface area is 159 Å². The Hall–Kier alpha value is -2.57. The van der Waals surface area contributed by atoms with Gasteiger partial charge < -0.3 is 14.4 Å². The number of benzene rings is 1. The standard InChI is InChI=1S/C20H26N2O5/c1-19(2,3)27-18(23)21-10-8-13(9-11-21)14-6-7-16(22(24)25)17-15(14)12-20(4,5)26-17/h6-8H,9-12H2,1-5H3. The third kappa shape index (κ3) is 4.07. The Kier molecular flexibility index (Phi) is 4.66. The van der Waals surface area contributed by atoms with Gasteiger partial charge in [0.2, 0.25) is 5.75 Å². The van der Waals surface area contributed by atoms with E-state index in [0.717, 1.165) is 16.7 Å². The van der Waals surface area contributed by atoms with Crippen LogP contribution in [0.5, 0.6) is 5.75 Å². The number of nitrogens with zero attached hydrogens (tertiary/aromatic N) is 2. The van der Waals surface area contributed by atoms with Crippen molar-refractivity contribution in [3.8, 4) is 5.75 Å². The molecular formula is C20H26N2O5. The van der Waals surface area contributed by atoms with Gasteiger partial charge in [0.15, 0.2) is 0 Å². The van der Waals surface area contributed by atoms with Crippen molar-refractivity contribution in [3.63, 3.8) is 0 Å². The molecule has 7 nitrogen and oxygen atoms in total. The average molecular weight is 374 g/mol. The van der Waals surface area contributed by atoms with E-state index in [9.17, 15) is 14.9 Å². The Morgan fingerprint density at radius 2 is 2.04 bits per heavy atom. The molecule has 0 aliphatic carbocycles. The van der Waals surface area contributed by atoms with Gasteiger partial charge in [-0.25, -0.2) is 4.79 Å². The molecule has 3 rings (SSSR count). The maximum Gasteiger partial charge on any atom is 0.410 e. The van der Waals surface area contributed by atoms with Gasteiger partial charge in [-0.15, -0.1) is 0 Å². The highest BCUT2D eigenvalue weighted by Crippen LogP contribution is 2.45. The van der Waals surface area contributed by atoms with Crippen LogP contribution >= 0.6 is 0 Å². The summed E-state index contributed by atoms with van der Waals surface area (Å²) in [6.07, 6.45) is 2.97. The Balaban J connectivity index is 1.86. The zero-order chi connectivity index (χ0) is 20.0. The summed E-state index contributed by atoms with van der Waals surface area (Å²) in [7, 11) is 0. The minimum Gasteiger partial charge on any atom is -0.480 e. The van der Waals surface area contributed by atoms with Crippen molar-refractivity contribution in [2.75, 3.05) is 13.1 Å². The second-order valence-electron chi connectivity index (χ2n) is 8.64. The predicted molar refractivity (Wildman–Crippen MR) is 102 cm³/mol. The molecule has 27 heavy (non-hydrogen) atoms. The molecule has 0 saturated heterocycles. The number of fused-ring (bicyclic) bond motifs is 1. The quantitative estimate of drug-likeness (QED) is 0.568. The molecule has 2 aliphatic rings. The van der Waals surface area contributed by atoms with Crippen LogP contribution in [0, 0.1) is 10.1 Å². The first-order valence-electron chi connectivity index (χ1n) is 9.13. The van der Waals surface area contributed by atoms with E-state index in [1.165, 1.54) is 6.07 Å². The molecule has 0 unspecified atom stereocenters. The number of nitro groups is 1. The number of ether oxygens (including phenoxy) is 2. The minimum absolute atomic E-state index is 0.00566. The van der Waals surface area contributed by atoms with Gasteiger partial charge >= 0.3 is 11.8 Å². The maximum absolute atomic E-state index is 12.2. The molecule has 0 spiro atoms. The van der Waals surface area contributed by atoms with Crippen LogP contribution in [0.2, 0.25) is 0 Å². The van der Waals surface area contributed by atoms with Crippen molar-refractivity contribution in [1.29, 1.82) is 0 Å². The molecule has 146 valence electrons. The Morgan fingerprint density at radius 1 is 1.33 bits per heavy atom. The third-order valence-corrected chi connectivity index (χ3v) is 4.62. The monoisotopic (exact) mass is 374 g/mol. The number of rotatable bonds is 2. The van der Waals surface area contributed by atoms with Crippen molar-refractivity contribution in [1.82, 2.24) is 4.90 Å². The largest absolute Gasteiger partial charge is 0.480 e. The predicted octanol–water partition coefficient (Wildman–Crippen LogP) is 4.33. The molecule has 2 heterocycles. The zero-order valence-corrected chi connectivity index (χ0v) is 16.5. The highest BCUT2D eigenvalue weighted by Gasteiger charge is 2.38. The van der Waals surface area contributed by atoms with E-state index in [4.69, 9.17) is 9.47 Å². The van der Waals surface area contributed by atoms with Crippen LogP contribution in [-0.2, 0) is 11.2 Å². The molecule has 2 aliphatic heterocycles. The number of carbonyl (C=O) groups excluding carboxylic acids is 1. The molecule has 1 aromatic carbocycles. The lowest BCUT2D eigenvalue weighted by molar-refractivity contribution is -0.386. The first kappa shape index (κ1) is 19.2. The molecule has 0 aromatic heterocycles. The van der Waals surface area contributed by atoms with Crippen molar-refractivity contribution in [2.24, 2.45) is 0 Å². The third-order valence-electron chi connectivity index (χ3n) is 4.62. The molecule has 0 bridgehead atoms. The fourth-order valence-electron chi connectivity index (χ4n) is 3.49. The summed E-state index contributed by atoms with van der Waals surface area (Å²) < 4.78 is 11.3. The molecule has 0 fully saturated rings. The summed E-state index contributed by atoms with van der Waals surface area (Å²) in [5.74, 6) is 0.373. The van der Waals surface area contributed by atoms with E-state index < -0.39 is 16.1 Å². The van der Waals surface area contributed by atoms with E-state index in [0.29, 0.717) is 31.7 Å². The lowest BCUT2D eigenvalue weighted by Crippen LogP contribution is -2.39. The van der Waals surface area contributed by atoms with Crippen LogP contribution in [0.15, 0.2) is 18.2 Å². The fourth-order valence-corrected chi connectivity index (χ4v) is 3.49. The van der Waals surface area contributed by atoms with Gasteiger partial charge in [-0.1, -0.05) is 6.08 Å². The molecule has 0 radical (unpaired) electrons. The van der Waals surface area contributed by atoms with E-state index in [2.05, 4.69) is 0 Å². The van der Waals surface area contributed by atoms with Gasteiger partial charge in [0.25, 0.3) is 0 Å². The molecular weight excluding hydrogens is 348 g/mol. The number of nitro benzene ring substituents is 1. The first-order valence-corrected chi connectivity index (χ1v) is 9.13. The second kappa shape index (κ2) is 6.55. The smallest absolute Gasteiger partial charge is 0.410 e. The summed E-state index contributed by atoms with van der Waals surface area (Å²) in [6, 6.07) is 3.31. The lowest BCUT2D eigenvalue weighted by atomic mass is 9.90. The number of hydrogen-bond donors (Lipinski definition) is 0. The Morgan fingerprint density at radius 3 is 2.59 bits per heavy atom. The fraction of sp³-hybridized carbons (Fsp3) is 0.550. The summed E-state index contributed by atoms with van der Waals surface area (Å²) in [6.45, 7) is 10.4. The van der Waals surface area contributed by atoms with Crippen LogP contribution < -0.4 is 4.74 Å². The highest BCUT2D eigenvalue weighted by molar-refractivity contribution is 5.77. The van der Waals surface area contributed by atoms with Crippen LogP contribution in [-0.4, -0.2) is 40.2 Å². The van der Waals surface area contributed by atoms with Crippen LogP contribution in [0.3, 0.4) is 0 Å². The van der Waals surface area contributed by atoms with Crippen molar-refractivity contribution in [2.45, 2.75) is 58.7 Å². The van der Waals surface area contributed by atoms with E-state index in [1.54, 1.807) is 11.0 Å². The Bertz CT molecular complexity index is 820. The number of amides is 1. The van der Waals surface area contributed by atoms with Gasteiger partial charge in [-0.05, 0) is 58.2 Å². The lowest BCUT2D eigenvalue weighted by Gasteiger charge is -2.30. The molecule has 1 amide bonds. The summed E-state index contributed by atoms with van der Waals surface area (Å²) >= 11 is 0. The van der Waals surface area contributed by atoms with Gasteiger partial charge in [0.05, 0.1) is 4.92 Å². The van der Waals surface area contributed by atoms with Crippen LogP contribution in [0.25, 0.3) is 5.57 Å². The second-order valence-corrected chi connectivity index (χ2v) is 8.64. The van der Waals surface area contributed by atoms with E-state index >= 15 is 0 Å². The average Bonchev–Trinajstić information content (AvgIpc) is 2.87. The van der Waals surface area contributed by atoms with Gasteiger partial charge in [-0.2, -0.15) is 0 Å². The molecule has 1 aromatic rings. The van der Waals surface area contributed by atoms with Crippen molar-refractivity contribution in [3.05, 3.63) is 39.4 Å². The SMILES string of the molecule is CC(C)(C)OC(=O)N1CC=C(c2ccc([N+](=O)[O-])c3c2CC(C)(C)O3)CC1. The normalized spacial score (nSPS) is 18.4. The molecule has 7 heteroatoms. The number of hydrogen-bond acceptors (Lipinski definition) is 5. The zero-order valence-electron chi connectivity index (χ0n) is 16.5. The van der Waals surface area contributed by atoms with Crippen molar-refractivity contribution < 1.29 is 19.2 Å². The molecule has 0 N–H and O–H groups in total. The first-order chi connectivity index (χ1) is 12.5. The maximum atomic E-state index is 12.2. The van der Waals surface area contributed by atoms with Gasteiger partial charge in [-0.3, -0.25) is 10.1 Å². The summed E-state index contributed by atoms with van der Waals surface area (Å²) in [5.41, 5.74) is 1.95.